The highest BCUT2D eigenvalue weighted by molar-refractivity contribution is 9.10. The SMILES string of the molecule is CCCNC(=O)[C@H](C)N(Cc1ccc(Br)cc1)C(=O)CN(c1cc(C)ccc1C)S(C)(=O)=O. The number of hydrogen-bond donors (Lipinski definition) is 1. The van der Waals surface area contributed by atoms with Gasteiger partial charge in [-0.2, -0.15) is 0 Å². The number of aryl methyl sites for hydroxylation is 2. The van der Waals surface area contributed by atoms with E-state index < -0.39 is 28.5 Å². The van der Waals surface area contributed by atoms with Gasteiger partial charge in [-0.15, -0.1) is 0 Å². The summed E-state index contributed by atoms with van der Waals surface area (Å²) in [6, 6.07) is 12.1. The molecule has 0 aromatic heterocycles. The van der Waals surface area contributed by atoms with E-state index in [0.29, 0.717) is 12.2 Å². The number of carbonyl (C=O) groups excluding carboxylic acids is 2. The lowest BCUT2D eigenvalue weighted by molar-refractivity contribution is -0.139. The van der Waals surface area contributed by atoms with Gasteiger partial charge in [0.1, 0.15) is 12.6 Å². The van der Waals surface area contributed by atoms with E-state index in [1.165, 1.54) is 4.90 Å². The lowest BCUT2D eigenvalue weighted by Gasteiger charge is -2.32. The molecule has 180 valence electrons. The van der Waals surface area contributed by atoms with Crippen molar-refractivity contribution >= 4 is 43.5 Å². The third-order valence-electron chi connectivity index (χ3n) is 5.30. The minimum atomic E-state index is -3.75. The number of benzene rings is 2. The van der Waals surface area contributed by atoms with E-state index in [2.05, 4.69) is 21.2 Å². The van der Waals surface area contributed by atoms with E-state index in [1.54, 1.807) is 19.9 Å². The van der Waals surface area contributed by atoms with Gasteiger partial charge in [-0.1, -0.05) is 47.1 Å². The monoisotopic (exact) mass is 537 g/mol. The van der Waals surface area contributed by atoms with Crippen molar-refractivity contribution in [2.24, 2.45) is 0 Å². The Morgan fingerprint density at radius 2 is 1.73 bits per heavy atom. The average molecular weight is 539 g/mol. The molecule has 0 unspecified atom stereocenters. The van der Waals surface area contributed by atoms with Crippen LogP contribution in [0.1, 0.15) is 37.0 Å². The lowest BCUT2D eigenvalue weighted by Crippen LogP contribution is -2.51. The first-order valence-electron chi connectivity index (χ1n) is 10.8. The Bertz CT molecular complexity index is 1090. The molecule has 0 aliphatic heterocycles. The van der Waals surface area contributed by atoms with Crippen molar-refractivity contribution in [3.8, 4) is 0 Å². The lowest BCUT2D eigenvalue weighted by atomic mass is 10.1. The van der Waals surface area contributed by atoms with Crippen LogP contribution < -0.4 is 9.62 Å². The predicted molar refractivity (Wildman–Crippen MR) is 136 cm³/mol. The Kier molecular flexibility index (Phi) is 9.48. The first-order valence-corrected chi connectivity index (χ1v) is 13.4. The minimum absolute atomic E-state index is 0.178. The molecule has 0 saturated carbocycles. The smallest absolute Gasteiger partial charge is 0.244 e. The van der Waals surface area contributed by atoms with Crippen molar-refractivity contribution in [1.82, 2.24) is 10.2 Å². The van der Waals surface area contributed by atoms with E-state index in [9.17, 15) is 18.0 Å². The van der Waals surface area contributed by atoms with Crippen molar-refractivity contribution in [1.29, 1.82) is 0 Å². The molecule has 0 bridgehead atoms. The summed E-state index contributed by atoms with van der Waals surface area (Å²) < 4.78 is 27.3. The Balaban J connectivity index is 2.40. The highest BCUT2D eigenvalue weighted by atomic mass is 79.9. The molecule has 2 rings (SSSR count). The minimum Gasteiger partial charge on any atom is -0.354 e. The van der Waals surface area contributed by atoms with Crippen LogP contribution >= 0.6 is 15.9 Å². The third-order valence-corrected chi connectivity index (χ3v) is 6.95. The second-order valence-electron chi connectivity index (χ2n) is 8.17. The summed E-state index contributed by atoms with van der Waals surface area (Å²) in [7, 11) is -3.75. The number of anilines is 1. The Hall–Kier alpha value is -2.39. The molecule has 0 heterocycles. The fraction of sp³-hybridized carbons (Fsp3) is 0.417. The molecule has 0 aliphatic rings. The van der Waals surface area contributed by atoms with Crippen LogP contribution in [-0.4, -0.2) is 50.5 Å². The number of hydrogen-bond acceptors (Lipinski definition) is 4. The zero-order valence-electron chi connectivity index (χ0n) is 19.8. The summed E-state index contributed by atoms with van der Waals surface area (Å²) in [4.78, 5) is 27.6. The van der Waals surface area contributed by atoms with Crippen molar-refractivity contribution in [2.75, 3.05) is 23.7 Å². The largest absolute Gasteiger partial charge is 0.354 e. The van der Waals surface area contributed by atoms with Crippen LogP contribution in [0.5, 0.6) is 0 Å². The molecule has 9 heteroatoms. The first kappa shape index (κ1) is 26.9. The molecule has 0 aliphatic carbocycles. The summed E-state index contributed by atoms with van der Waals surface area (Å²) in [5.41, 5.74) is 2.92. The third kappa shape index (κ3) is 7.57. The molecule has 2 amide bonds. The molecule has 0 fully saturated rings. The number of sulfonamides is 1. The molecular weight excluding hydrogens is 506 g/mol. The van der Waals surface area contributed by atoms with E-state index in [0.717, 1.165) is 38.1 Å². The Morgan fingerprint density at radius 1 is 1.09 bits per heavy atom. The molecule has 0 radical (unpaired) electrons. The summed E-state index contributed by atoms with van der Waals surface area (Å²) in [6.45, 7) is 7.56. The Morgan fingerprint density at radius 3 is 2.30 bits per heavy atom. The zero-order valence-corrected chi connectivity index (χ0v) is 22.2. The fourth-order valence-electron chi connectivity index (χ4n) is 3.35. The van der Waals surface area contributed by atoms with Crippen LogP contribution in [0.25, 0.3) is 0 Å². The van der Waals surface area contributed by atoms with Crippen LogP contribution in [0.4, 0.5) is 5.69 Å². The van der Waals surface area contributed by atoms with Crippen LogP contribution in [0.15, 0.2) is 46.9 Å². The molecule has 2 aromatic carbocycles. The predicted octanol–water partition coefficient (Wildman–Crippen LogP) is 3.78. The van der Waals surface area contributed by atoms with Gasteiger partial charge < -0.3 is 10.2 Å². The highest BCUT2D eigenvalue weighted by Gasteiger charge is 2.30. The molecule has 7 nitrogen and oxygen atoms in total. The van der Waals surface area contributed by atoms with Crippen LogP contribution in [0.2, 0.25) is 0 Å². The van der Waals surface area contributed by atoms with Gasteiger partial charge in [0.15, 0.2) is 0 Å². The maximum Gasteiger partial charge on any atom is 0.244 e. The van der Waals surface area contributed by atoms with E-state index in [-0.39, 0.29) is 12.5 Å². The van der Waals surface area contributed by atoms with Gasteiger partial charge in [0.25, 0.3) is 0 Å². The molecule has 2 aromatic rings. The molecule has 1 atom stereocenters. The number of halogens is 1. The van der Waals surface area contributed by atoms with E-state index in [4.69, 9.17) is 0 Å². The van der Waals surface area contributed by atoms with Gasteiger partial charge >= 0.3 is 0 Å². The van der Waals surface area contributed by atoms with Crippen LogP contribution in [0, 0.1) is 13.8 Å². The van der Waals surface area contributed by atoms with Gasteiger partial charge in [0.2, 0.25) is 21.8 Å². The molecule has 33 heavy (non-hydrogen) atoms. The normalized spacial score (nSPS) is 12.2. The second kappa shape index (κ2) is 11.7. The molecule has 0 saturated heterocycles. The maximum absolute atomic E-state index is 13.5. The maximum atomic E-state index is 13.5. The van der Waals surface area contributed by atoms with Crippen LogP contribution in [-0.2, 0) is 26.2 Å². The highest BCUT2D eigenvalue weighted by Crippen LogP contribution is 2.24. The number of rotatable bonds is 10. The van der Waals surface area contributed by atoms with Gasteiger partial charge in [-0.05, 0) is 62.1 Å². The standard InChI is InChI=1S/C24H32BrN3O4S/c1-6-13-26-24(30)19(4)27(15-20-9-11-21(25)12-10-20)23(29)16-28(33(5,31)32)22-14-17(2)7-8-18(22)3/h7-12,14,19H,6,13,15-16H2,1-5H3,(H,26,30)/t19-/m0/s1. The Labute approximate surface area is 205 Å². The molecular formula is C24H32BrN3O4S. The summed E-state index contributed by atoms with van der Waals surface area (Å²) in [6.07, 6.45) is 1.85. The van der Waals surface area contributed by atoms with E-state index in [1.807, 2.05) is 50.2 Å². The molecule has 0 spiro atoms. The topological polar surface area (TPSA) is 86.8 Å². The fourth-order valence-corrected chi connectivity index (χ4v) is 4.51. The van der Waals surface area contributed by atoms with Crippen molar-refractivity contribution in [2.45, 2.75) is 46.7 Å². The number of nitrogens with one attached hydrogen (secondary N) is 1. The zero-order chi connectivity index (χ0) is 24.8. The summed E-state index contributed by atoms with van der Waals surface area (Å²) in [5, 5.41) is 2.82. The average Bonchev–Trinajstić information content (AvgIpc) is 2.75. The summed E-state index contributed by atoms with van der Waals surface area (Å²) in [5.74, 6) is -0.733. The van der Waals surface area contributed by atoms with Crippen molar-refractivity contribution < 1.29 is 18.0 Å². The second-order valence-corrected chi connectivity index (χ2v) is 11.0. The van der Waals surface area contributed by atoms with Crippen LogP contribution in [0.3, 0.4) is 0 Å². The number of amides is 2. The van der Waals surface area contributed by atoms with Gasteiger partial charge in [-0.25, -0.2) is 8.42 Å². The number of nitrogens with zero attached hydrogens (tertiary/aromatic N) is 2. The van der Waals surface area contributed by atoms with Gasteiger partial charge in [-0.3, -0.25) is 13.9 Å². The van der Waals surface area contributed by atoms with E-state index >= 15 is 0 Å². The summed E-state index contributed by atoms with van der Waals surface area (Å²) >= 11 is 3.40. The quantitative estimate of drug-likeness (QED) is 0.499. The van der Waals surface area contributed by atoms with Crippen molar-refractivity contribution in [3.05, 3.63) is 63.6 Å². The molecule has 1 N–H and O–H groups in total. The van der Waals surface area contributed by atoms with Gasteiger partial charge in [0.05, 0.1) is 11.9 Å². The van der Waals surface area contributed by atoms with Gasteiger partial charge in [0, 0.05) is 17.6 Å². The first-order chi connectivity index (χ1) is 15.4. The van der Waals surface area contributed by atoms with Crippen molar-refractivity contribution in [3.63, 3.8) is 0 Å². The number of carbonyl (C=O) groups is 2.